The molecule has 74 valence electrons. The molecule has 0 N–H and O–H groups in total. The number of halogens is 2. The zero-order chi connectivity index (χ0) is 8.55. The third kappa shape index (κ3) is 2.36. The van der Waals surface area contributed by atoms with Crippen LogP contribution < -0.4 is 0 Å². The Kier molecular flexibility index (Phi) is 4.02. The molecule has 0 fully saturated rings. The molecule has 2 rings (SSSR count). The molecule has 13 heavy (non-hydrogen) atoms. The van der Waals surface area contributed by atoms with Gasteiger partial charge < -0.3 is 0 Å². The standard InChI is InChI=1S/C9H12ClNS.ClH/c1-6-2-3-7-8(4-6)12-9(5-10)11-7;/h6H,2-5H2,1H3;1H. The van der Waals surface area contributed by atoms with Crippen molar-refractivity contribution in [1.82, 2.24) is 4.98 Å². The Morgan fingerprint density at radius 3 is 3.08 bits per heavy atom. The molecule has 0 amide bonds. The minimum atomic E-state index is 0. The number of hydrogen-bond acceptors (Lipinski definition) is 2. The Hall–Kier alpha value is 0.210. The van der Waals surface area contributed by atoms with Gasteiger partial charge in [0.05, 0.1) is 11.6 Å². The van der Waals surface area contributed by atoms with Crippen LogP contribution >= 0.6 is 35.3 Å². The molecule has 0 bridgehead atoms. The van der Waals surface area contributed by atoms with Gasteiger partial charge in [0.15, 0.2) is 0 Å². The summed E-state index contributed by atoms with van der Waals surface area (Å²) in [6.07, 6.45) is 3.66. The van der Waals surface area contributed by atoms with E-state index >= 15 is 0 Å². The molecule has 1 aromatic rings. The van der Waals surface area contributed by atoms with Gasteiger partial charge in [-0.05, 0) is 25.2 Å². The summed E-state index contributed by atoms with van der Waals surface area (Å²) in [4.78, 5) is 5.97. The zero-order valence-corrected chi connectivity index (χ0v) is 9.94. The van der Waals surface area contributed by atoms with Crippen LogP contribution in [0.15, 0.2) is 0 Å². The first-order chi connectivity index (χ1) is 5.79. The zero-order valence-electron chi connectivity index (χ0n) is 7.55. The summed E-state index contributed by atoms with van der Waals surface area (Å²) in [5.74, 6) is 1.41. The van der Waals surface area contributed by atoms with Crippen molar-refractivity contribution in [2.24, 2.45) is 5.92 Å². The SMILES string of the molecule is CC1CCc2nc(CCl)sc2C1.Cl. The fourth-order valence-corrected chi connectivity index (χ4v) is 3.00. The fourth-order valence-electron chi connectivity index (χ4n) is 1.65. The quantitative estimate of drug-likeness (QED) is 0.683. The highest BCUT2D eigenvalue weighted by molar-refractivity contribution is 7.12. The van der Waals surface area contributed by atoms with Crippen molar-refractivity contribution in [3.8, 4) is 0 Å². The van der Waals surface area contributed by atoms with Crippen molar-refractivity contribution in [2.75, 3.05) is 0 Å². The van der Waals surface area contributed by atoms with Gasteiger partial charge in [0.25, 0.3) is 0 Å². The predicted octanol–water partition coefficient (Wildman–Crippen LogP) is 3.43. The average Bonchev–Trinajstić information content (AvgIpc) is 2.46. The van der Waals surface area contributed by atoms with E-state index in [1.165, 1.54) is 23.4 Å². The van der Waals surface area contributed by atoms with Crippen LogP contribution in [0.2, 0.25) is 0 Å². The first kappa shape index (κ1) is 11.3. The molecule has 1 aliphatic carbocycles. The number of fused-ring (bicyclic) bond motifs is 1. The van der Waals surface area contributed by atoms with Crippen LogP contribution in [0.4, 0.5) is 0 Å². The fraction of sp³-hybridized carbons (Fsp3) is 0.667. The lowest BCUT2D eigenvalue weighted by Crippen LogP contribution is -2.09. The Labute approximate surface area is 93.9 Å². The number of hydrogen-bond donors (Lipinski definition) is 0. The van der Waals surface area contributed by atoms with Crippen molar-refractivity contribution in [3.63, 3.8) is 0 Å². The lowest BCUT2D eigenvalue weighted by molar-refractivity contribution is 0.501. The Morgan fingerprint density at radius 2 is 2.38 bits per heavy atom. The summed E-state index contributed by atoms with van der Waals surface area (Å²) in [5, 5.41) is 1.09. The van der Waals surface area contributed by atoms with Crippen LogP contribution in [0.5, 0.6) is 0 Å². The maximum Gasteiger partial charge on any atom is 0.108 e. The highest BCUT2D eigenvalue weighted by Gasteiger charge is 2.18. The van der Waals surface area contributed by atoms with Gasteiger partial charge in [0, 0.05) is 4.88 Å². The van der Waals surface area contributed by atoms with Crippen LogP contribution in [0.25, 0.3) is 0 Å². The van der Waals surface area contributed by atoms with Gasteiger partial charge in [-0.1, -0.05) is 6.92 Å². The molecule has 1 aromatic heterocycles. The Morgan fingerprint density at radius 1 is 1.62 bits per heavy atom. The van der Waals surface area contributed by atoms with Crippen LogP contribution in [0.1, 0.15) is 28.9 Å². The largest absolute Gasteiger partial charge is 0.245 e. The molecule has 0 saturated heterocycles. The summed E-state index contributed by atoms with van der Waals surface area (Å²) >= 11 is 7.53. The van der Waals surface area contributed by atoms with Crippen molar-refractivity contribution in [1.29, 1.82) is 0 Å². The molecule has 1 unspecified atom stereocenters. The Balaban J connectivity index is 0.000000845. The molecule has 0 spiro atoms. The van der Waals surface area contributed by atoms with Gasteiger partial charge in [0.1, 0.15) is 5.01 Å². The maximum absolute atomic E-state index is 5.73. The van der Waals surface area contributed by atoms with Crippen molar-refractivity contribution < 1.29 is 0 Å². The third-order valence-electron chi connectivity index (χ3n) is 2.34. The molecule has 1 heterocycles. The maximum atomic E-state index is 5.73. The molecule has 0 saturated carbocycles. The molecule has 0 aromatic carbocycles. The summed E-state index contributed by atoms with van der Waals surface area (Å²) in [6, 6.07) is 0. The molecule has 0 aliphatic heterocycles. The summed E-state index contributed by atoms with van der Waals surface area (Å²) in [7, 11) is 0. The first-order valence-corrected chi connectivity index (χ1v) is 5.68. The highest BCUT2D eigenvalue weighted by Crippen LogP contribution is 2.30. The van der Waals surface area contributed by atoms with E-state index in [9.17, 15) is 0 Å². The average molecular weight is 238 g/mol. The lowest BCUT2D eigenvalue weighted by atomic mass is 9.93. The smallest absolute Gasteiger partial charge is 0.108 e. The predicted molar refractivity (Wildman–Crippen MR) is 60.1 cm³/mol. The summed E-state index contributed by atoms with van der Waals surface area (Å²) in [6.45, 7) is 2.31. The normalized spacial score (nSPS) is 20.6. The molecule has 1 aliphatic rings. The van der Waals surface area contributed by atoms with Crippen molar-refractivity contribution in [3.05, 3.63) is 15.6 Å². The van der Waals surface area contributed by atoms with Crippen molar-refractivity contribution in [2.45, 2.75) is 32.1 Å². The van der Waals surface area contributed by atoms with E-state index in [4.69, 9.17) is 11.6 Å². The van der Waals surface area contributed by atoms with Crippen LogP contribution in [0.3, 0.4) is 0 Å². The number of rotatable bonds is 1. The topological polar surface area (TPSA) is 12.9 Å². The molecule has 0 radical (unpaired) electrons. The third-order valence-corrected chi connectivity index (χ3v) is 3.88. The second-order valence-electron chi connectivity index (χ2n) is 3.46. The highest BCUT2D eigenvalue weighted by atomic mass is 35.5. The van der Waals surface area contributed by atoms with E-state index in [1.807, 2.05) is 0 Å². The van der Waals surface area contributed by atoms with Crippen LogP contribution in [-0.4, -0.2) is 4.98 Å². The van der Waals surface area contributed by atoms with Gasteiger partial charge in [-0.25, -0.2) is 4.98 Å². The van der Waals surface area contributed by atoms with Crippen molar-refractivity contribution >= 4 is 35.3 Å². The van der Waals surface area contributed by atoms with E-state index in [-0.39, 0.29) is 12.4 Å². The van der Waals surface area contributed by atoms with Gasteiger partial charge in [0.2, 0.25) is 0 Å². The summed E-state index contributed by atoms with van der Waals surface area (Å²) in [5.41, 5.74) is 1.31. The van der Waals surface area contributed by atoms with E-state index in [2.05, 4.69) is 11.9 Å². The lowest BCUT2D eigenvalue weighted by Gasteiger charge is -2.15. The second kappa shape index (κ2) is 4.63. The van der Waals surface area contributed by atoms with Crippen LogP contribution in [-0.2, 0) is 18.7 Å². The van der Waals surface area contributed by atoms with E-state index in [0.29, 0.717) is 5.88 Å². The first-order valence-electron chi connectivity index (χ1n) is 4.33. The van der Waals surface area contributed by atoms with Gasteiger partial charge in [-0.15, -0.1) is 35.3 Å². The number of alkyl halides is 1. The Bertz CT molecular complexity index is 285. The number of aromatic nitrogens is 1. The molecule has 1 atom stereocenters. The molecular weight excluding hydrogens is 225 g/mol. The van der Waals surface area contributed by atoms with E-state index in [0.717, 1.165) is 17.3 Å². The number of thiazole rings is 1. The number of nitrogens with zero attached hydrogens (tertiary/aromatic N) is 1. The van der Waals surface area contributed by atoms with Gasteiger partial charge >= 0.3 is 0 Å². The van der Waals surface area contributed by atoms with Crippen LogP contribution in [0, 0.1) is 5.92 Å². The molecule has 4 heteroatoms. The van der Waals surface area contributed by atoms with Gasteiger partial charge in [-0.2, -0.15) is 0 Å². The van der Waals surface area contributed by atoms with Gasteiger partial charge in [-0.3, -0.25) is 0 Å². The molecule has 1 nitrogen and oxygen atoms in total. The van der Waals surface area contributed by atoms with E-state index in [1.54, 1.807) is 11.3 Å². The second-order valence-corrected chi connectivity index (χ2v) is 4.89. The number of aryl methyl sites for hydroxylation is 1. The monoisotopic (exact) mass is 237 g/mol. The summed E-state index contributed by atoms with van der Waals surface area (Å²) < 4.78 is 0. The minimum Gasteiger partial charge on any atom is -0.245 e. The molecular formula is C9H13Cl2NS. The minimum absolute atomic E-state index is 0. The van der Waals surface area contributed by atoms with E-state index < -0.39 is 0 Å².